The van der Waals surface area contributed by atoms with Gasteiger partial charge in [0.15, 0.2) is 11.3 Å². The van der Waals surface area contributed by atoms with E-state index < -0.39 is 11.6 Å². The van der Waals surface area contributed by atoms with Gasteiger partial charge in [-0.2, -0.15) is 0 Å². The average Bonchev–Trinajstić information content (AvgIpc) is 3.69. The topological polar surface area (TPSA) is 102 Å². The maximum Gasteiger partial charge on any atom is 0.203 e. The third kappa shape index (κ3) is 11.6. The molecule has 6 aromatic rings. The maximum atomic E-state index is 14.8. The second-order valence-electron chi connectivity index (χ2n) is 18.0. The van der Waals surface area contributed by atoms with Crippen LogP contribution in [0.4, 0.5) is 8.78 Å². The molecule has 0 aliphatic rings. The van der Waals surface area contributed by atoms with Crippen molar-refractivity contribution in [2.24, 2.45) is 0 Å². The Labute approximate surface area is 369 Å². The predicted molar refractivity (Wildman–Crippen MR) is 253 cm³/mol. The number of unbranched alkanes of at least 4 members (excludes halogenated alkanes) is 18. The normalized spacial score (nSPS) is 13.1. The molecule has 4 aromatic heterocycles. The van der Waals surface area contributed by atoms with Crippen molar-refractivity contribution in [2.75, 3.05) is 0 Å². The third-order valence-electron chi connectivity index (χ3n) is 13.1. The van der Waals surface area contributed by atoms with Gasteiger partial charge in [0.25, 0.3) is 0 Å². The van der Waals surface area contributed by atoms with E-state index in [0.29, 0.717) is 55.5 Å². The predicted octanol–water partition coefficient (Wildman–Crippen LogP) is 16.1. The molecule has 2 atom stereocenters. The molecule has 2 unspecified atom stereocenters. The Bertz CT molecular complexity index is 2160. The molecule has 4 heterocycles. The fourth-order valence-electron chi connectivity index (χ4n) is 9.61. The number of fused-ring (bicyclic) bond motifs is 4. The minimum Gasteiger partial charge on any atom is -0.494 e. The van der Waals surface area contributed by atoms with Gasteiger partial charge in [0.1, 0.15) is 22.7 Å². The summed E-state index contributed by atoms with van der Waals surface area (Å²) in [4.78, 5) is 20.3. The van der Waals surface area contributed by atoms with Gasteiger partial charge in [0, 0.05) is 24.2 Å². The lowest BCUT2D eigenvalue weighted by Gasteiger charge is -2.21. The Morgan fingerprint density at radius 2 is 0.726 bits per heavy atom. The van der Waals surface area contributed by atoms with Crippen LogP contribution >= 0.6 is 0 Å². The van der Waals surface area contributed by atoms with Crippen LogP contribution in [0.25, 0.3) is 55.5 Å². The molecule has 0 saturated heterocycles. The van der Waals surface area contributed by atoms with Gasteiger partial charge in [-0.1, -0.05) is 169 Å². The summed E-state index contributed by atoms with van der Waals surface area (Å²) in [6, 6.07) is 8.60. The lowest BCUT2D eigenvalue weighted by molar-refractivity contribution is 0.343. The van der Waals surface area contributed by atoms with E-state index in [1.807, 2.05) is 9.13 Å². The van der Waals surface area contributed by atoms with Gasteiger partial charge in [-0.05, 0) is 49.9 Å². The van der Waals surface area contributed by atoms with E-state index in [1.165, 1.54) is 101 Å². The van der Waals surface area contributed by atoms with Crippen molar-refractivity contribution in [1.29, 1.82) is 0 Å². The average molecular weight is 853 g/mol. The van der Waals surface area contributed by atoms with Gasteiger partial charge in [-0.25, -0.2) is 28.7 Å². The first-order valence-corrected chi connectivity index (χ1v) is 24.7. The van der Waals surface area contributed by atoms with Crippen molar-refractivity contribution < 1.29 is 19.0 Å². The molecule has 10 heteroatoms. The van der Waals surface area contributed by atoms with Crippen molar-refractivity contribution in [3.63, 3.8) is 0 Å². The van der Waals surface area contributed by atoms with E-state index in [-0.39, 0.29) is 23.8 Å². The lowest BCUT2D eigenvalue weighted by Crippen LogP contribution is -2.10. The summed E-state index contributed by atoms with van der Waals surface area (Å²) in [5.74, 6) is -0.871. The molecule has 0 radical (unpaired) electrons. The number of nitrogens with zero attached hydrogens (tertiary/aromatic N) is 6. The molecule has 338 valence electrons. The molecule has 0 saturated carbocycles. The third-order valence-corrected chi connectivity index (χ3v) is 13.1. The summed E-state index contributed by atoms with van der Waals surface area (Å²) >= 11 is 0. The van der Waals surface area contributed by atoms with E-state index in [1.54, 1.807) is 12.1 Å². The number of rotatable bonds is 29. The number of aromatic hydroxyl groups is 2. The molecule has 6 rings (SSSR count). The molecular weight excluding hydrogens is 779 g/mol. The van der Waals surface area contributed by atoms with E-state index in [2.05, 4.69) is 27.7 Å². The maximum absolute atomic E-state index is 14.8. The second kappa shape index (κ2) is 23.9. The molecule has 0 amide bonds. The molecule has 2 N–H and O–H groups in total. The summed E-state index contributed by atoms with van der Waals surface area (Å²) in [6.07, 6.45) is 28.8. The fourth-order valence-corrected chi connectivity index (χ4v) is 9.61. The highest BCUT2D eigenvalue weighted by Gasteiger charge is 2.33. The number of hydrogen-bond acceptors (Lipinski definition) is 6. The summed E-state index contributed by atoms with van der Waals surface area (Å²) in [5.41, 5.74) is 4.29. The number of hydrogen-bond donors (Lipinski definition) is 2. The molecule has 2 aromatic carbocycles. The Morgan fingerprint density at radius 1 is 0.419 bits per heavy atom. The highest BCUT2D eigenvalue weighted by atomic mass is 19.1. The molecule has 0 aliphatic heterocycles. The molecule has 0 bridgehead atoms. The summed E-state index contributed by atoms with van der Waals surface area (Å²) in [7, 11) is 0. The largest absolute Gasteiger partial charge is 0.494 e. The van der Waals surface area contributed by atoms with Crippen LogP contribution in [0.5, 0.6) is 11.8 Å². The Hall–Kier alpha value is -4.34. The monoisotopic (exact) mass is 853 g/mol. The van der Waals surface area contributed by atoms with Gasteiger partial charge < -0.3 is 10.2 Å². The van der Waals surface area contributed by atoms with Crippen LogP contribution in [0.3, 0.4) is 0 Å². The minimum atomic E-state index is -0.406. The van der Waals surface area contributed by atoms with Crippen LogP contribution < -0.4 is 0 Å². The van der Waals surface area contributed by atoms with Crippen LogP contribution in [-0.2, 0) is 0 Å². The molecule has 0 spiro atoms. The number of aromatic nitrogens is 6. The quantitative estimate of drug-likeness (QED) is 0.0456. The van der Waals surface area contributed by atoms with Crippen LogP contribution in [-0.4, -0.2) is 39.3 Å². The number of benzene rings is 2. The molecule has 8 nitrogen and oxygen atoms in total. The zero-order valence-corrected chi connectivity index (χ0v) is 38.3. The lowest BCUT2D eigenvalue weighted by atomic mass is 10.00. The van der Waals surface area contributed by atoms with E-state index in [0.717, 1.165) is 89.9 Å². The first-order valence-electron chi connectivity index (χ1n) is 24.7. The minimum absolute atomic E-state index is 0.0298. The van der Waals surface area contributed by atoms with E-state index in [4.69, 9.17) is 19.9 Å². The van der Waals surface area contributed by atoms with Crippen molar-refractivity contribution in [1.82, 2.24) is 29.1 Å². The van der Waals surface area contributed by atoms with Crippen molar-refractivity contribution in [2.45, 2.75) is 207 Å². The van der Waals surface area contributed by atoms with Gasteiger partial charge in [0.05, 0.1) is 33.2 Å². The van der Waals surface area contributed by atoms with Gasteiger partial charge >= 0.3 is 0 Å². The Kier molecular flexibility index (Phi) is 18.2. The highest BCUT2D eigenvalue weighted by molar-refractivity contribution is 6.08. The zero-order chi connectivity index (χ0) is 43.8. The standard InChI is InChI=1S/C52H74F2N6O2/c1-5-9-13-15-17-19-21-25-29-39(27-23-11-7-3)59-49-47(55-41-33-31-37(53)35-43(41)57-49)45(51(59)61)46-48-50(58-44-36-38(54)32-34-42(44)56-48)60(52(46)62)40(28-24-12-8-4)30-26-22-20-18-16-14-10-6-2/h31-36,39-40,61-62H,5-30H2,1-4H3. The Morgan fingerprint density at radius 3 is 1.08 bits per heavy atom. The first-order chi connectivity index (χ1) is 30.3. The van der Waals surface area contributed by atoms with Crippen LogP contribution in [0.1, 0.15) is 207 Å². The summed E-state index contributed by atoms with van der Waals surface area (Å²) in [6.45, 7) is 8.88. The fraction of sp³-hybridized carbons (Fsp3) is 0.615. The van der Waals surface area contributed by atoms with Crippen LogP contribution in [0.2, 0.25) is 0 Å². The second-order valence-corrected chi connectivity index (χ2v) is 18.0. The van der Waals surface area contributed by atoms with Crippen molar-refractivity contribution in [3.05, 3.63) is 48.0 Å². The molecule has 62 heavy (non-hydrogen) atoms. The van der Waals surface area contributed by atoms with E-state index in [9.17, 15) is 19.0 Å². The van der Waals surface area contributed by atoms with Gasteiger partial charge in [-0.3, -0.25) is 9.13 Å². The first kappa shape index (κ1) is 47.1. The molecule has 0 fully saturated rings. The van der Waals surface area contributed by atoms with Crippen LogP contribution in [0, 0.1) is 11.6 Å². The molecular formula is C52H74F2N6O2. The van der Waals surface area contributed by atoms with E-state index >= 15 is 0 Å². The van der Waals surface area contributed by atoms with Gasteiger partial charge in [0.2, 0.25) is 11.8 Å². The molecule has 0 aliphatic carbocycles. The van der Waals surface area contributed by atoms with Crippen molar-refractivity contribution >= 4 is 44.4 Å². The van der Waals surface area contributed by atoms with Crippen LogP contribution in [0.15, 0.2) is 36.4 Å². The zero-order valence-electron chi connectivity index (χ0n) is 38.3. The van der Waals surface area contributed by atoms with Crippen molar-refractivity contribution in [3.8, 4) is 22.9 Å². The smallest absolute Gasteiger partial charge is 0.203 e. The highest BCUT2D eigenvalue weighted by Crippen LogP contribution is 2.50. The SMILES string of the molecule is CCCCCCCCCCC(CCCCC)n1c(O)c(-c2c(O)n(C(CCCCC)CCCCCCCCCC)c3nc4cc(F)ccc4nc23)c2nc3ccc(F)cc3nc21. The summed E-state index contributed by atoms with van der Waals surface area (Å²) < 4.78 is 33.3. The number of halogens is 2. The van der Waals surface area contributed by atoms with Gasteiger partial charge in [-0.15, -0.1) is 0 Å². The summed E-state index contributed by atoms with van der Waals surface area (Å²) in [5, 5.41) is 25.6. The Balaban J connectivity index is 1.50.